The summed E-state index contributed by atoms with van der Waals surface area (Å²) in [5.74, 6) is -0.00184. The van der Waals surface area contributed by atoms with Crippen molar-refractivity contribution in [1.29, 1.82) is 0 Å². The summed E-state index contributed by atoms with van der Waals surface area (Å²) >= 11 is 3.32. The van der Waals surface area contributed by atoms with Gasteiger partial charge in [-0.05, 0) is 40.9 Å². The highest BCUT2D eigenvalue weighted by Crippen LogP contribution is 2.24. The van der Waals surface area contributed by atoms with Crippen LogP contribution in [0, 0.1) is 5.92 Å². The first kappa shape index (κ1) is 13.5. The van der Waals surface area contributed by atoms with Gasteiger partial charge < -0.3 is 10.4 Å². The highest BCUT2D eigenvalue weighted by atomic mass is 79.9. The highest BCUT2D eigenvalue weighted by molar-refractivity contribution is 9.10. The van der Waals surface area contributed by atoms with Crippen LogP contribution in [0.2, 0.25) is 0 Å². The minimum Gasteiger partial charge on any atom is -0.396 e. The lowest BCUT2D eigenvalue weighted by Gasteiger charge is -2.30. The van der Waals surface area contributed by atoms with E-state index in [0.29, 0.717) is 10.2 Å². The van der Waals surface area contributed by atoms with Gasteiger partial charge >= 0.3 is 0 Å². The van der Waals surface area contributed by atoms with Gasteiger partial charge in [0.2, 0.25) is 0 Å². The third kappa shape index (κ3) is 3.09. The molecule has 98 valence electrons. The number of carbonyl (C=O) groups excluding carboxylic acids is 1. The van der Waals surface area contributed by atoms with Gasteiger partial charge in [-0.2, -0.15) is 0 Å². The van der Waals surface area contributed by atoms with E-state index in [0.717, 1.165) is 25.7 Å². The molecule has 0 radical (unpaired) electrons. The number of amides is 1. The molecule has 2 unspecified atom stereocenters. The molecule has 0 aromatic carbocycles. The number of pyridine rings is 1. The van der Waals surface area contributed by atoms with E-state index < -0.39 is 0 Å². The van der Waals surface area contributed by atoms with E-state index in [1.165, 1.54) is 0 Å². The fraction of sp³-hybridized carbons (Fsp3) is 0.538. The molecule has 1 aromatic rings. The molecule has 0 spiro atoms. The van der Waals surface area contributed by atoms with Crippen LogP contribution in [0.15, 0.2) is 22.8 Å². The van der Waals surface area contributed by atoms with Gasteiger partial charge in [0.05, 0.1) is 0 Å². The molecule has 0 saturated heterocycles. The molecule has 1 heterocycles. The van der Waals surface area contributed by atoms with E-state index >= 15 is 0 Å². The molecular formula is C13H17BrN2O2. The number of carbonyl (C=O) groups is 1. The Labute approximate surface area is 115 Å². The molecule has 2 N–H and O–H groups in total. The van der Waals surface area contributed by atoms with E-state index in [9.17, 15) is 9.90 Å². The maximum atomic E-state index is 12.1. The van der Waals surface area contributed by atoms with E-state index in [1.54, 1.807) is 18.3 Å². The molecular weight excluding hydrogens is 296 g/mol. The van der Waals surface area contributed by atoms with Crippen molar-refractivity contribution < 1.29 is 9.90 Å². The number of halogens is 1. The van der Waals surface area contributed by atoms with Crippen LogP contribution in [0.3, 0.4) is 0 Å². The summed E-state index contributed by atoms with van der Waals surface area (Å²) in [6.45, 7) is 0.133. The molecule has 1 fully saturated rings. The van der Waals surface area contributed by atoms with Crippen molar-refractivity contribution in [3.63, 3.8) is 0 Å². The summed E-state index contributed by atoms with van der Waals surface area (Å²) in [7, 11) is 0. The van der Waals surface area contributed by atoms with Crippen LogP contribution in [-0.4, -0.2) is 28.6 Å². The lowest BCUT2D eigenvalue weighted by atomic mass is 9.85. The average molecular weight is 313 g/mol. The molecule has 0 aliphatic heterocycles. The molecule has 5 heteroatoms. The zero-order valence-corrected chi connectivity index (χ0v) is 11.7. The largest absolute Gasteiger partial charge is 0.396 e. The standard InChI is InChI=1S/C13H17BrN2O2/c14-10-5-3-7-15-12(10)13(18)16-11-6-2-1-4-9(11)8-17/h3,5,7,9,11,17H,1-2,4,6,8H2,(H,16,18). The maximum absolute atomic E-state index is 12.1. The van der Waals surface area contributed by atoms with Crippen molar-refractivity contribution in [3.05, 3.63) is 28.5 Å². The van der Waals surface area contributed by atoms with Crippen LogP contribution < -0.4 is 5.32 Å². The van der Waals surface area contributed by atoms with Gasteiger partial charge in [0.15, 0.2) is 0 Å². The van der Waals surface area contributed by atoms with Crippen LogP contribution in [0.25, 0.3) is 0 Å². The Bertz CT molecular complexity index is 425. The number of aromatic nitrogens is 1. The number of rotatable bonds is 3. The maximum Gasteiger partial charge on any atom is 0.271 e. The molecule has 4 nitrogen and oxygen atoms in total. The minimum absolute atomic E-state index is 0.0603. The van der Waals surface area contributed by atoms with Crippen LogP contribution in [0.4, 0.5) is 0 Å². The molecule has 1 amide bonds. The van der Waals surface area contributed by atoms with Gasteiger partial charge in [-0.15, -0.1) is 0 Å². The monoisotopic (exact) mass is 312 g/mol. The van der Waals surface area contributed by atoms with Crippen molar-refractivity contribution in [2.45, 2.75) is 31.7 Å². The third-order valence-electron chi connectivity index (χ3n) is 3.43. The van der Waals surface area contributed by atoms with Crippen LogP contribution in [0.5, 0.6) is 0 Å². The first-order valence-electron chi connectivity index (χ1n) is 6.24. The lowest BCUT2D eigenvalue weighted by Crippen LogP contribution is -2.43. The van der Waals surface area contributed by atoms with Crippen molar-refractivity contribution in [1.82, 2.24) is 10.3 Å². The van der Waals surface area contributed by atoms with E-state index in [-0.39, 0.29) is 24.5 Å². The Hall–Kier alpha value is -0.940. The second-order valence-electron chi connectivity index (χ2n) is 4.64. The number of nitrogens with zero attached hydrogens (tertiary/aromatic N) is 1. The second kappa shape index (κ2) is 6.29. The Morgan fingerprint density at radius 1 is 1.50 bits per heavy atom. The third-order valence-corrected chi connectivity index (χ3v) is 4.07. The number of aliphatic hydroxyl groups excluding tert-OH is 1. The number of hydrogen-bond donors (Lipinski definition) is 2. The summed E-state index contributed by atoms with van der Waals surface area (Å²) < 4.78 is 0.693. The topological polar surface area (TPSA) is 62.2 Å². The zero-order chi connectivity index (χ0) is 13.0. The Morgan fingerprint density at radius 3 is 3.00 bits per heavy atom. The fourth-order valence-corrected chi connectivity index (χ4v) is 2.84. The SMILES string of the molecule is O=C(NC1CCCCC1CO)c1ncccc1Br. The quantitative estimate of drug-likeness (QED) is 0.898. The van der Waals surface area contributed by atoms with Crippen LogP contribution in [0.1, 0.15) is 36.2 Å². The van der Waals surface area contributed by atoms with Gasteiger partial charge in [0, 0.05) is 29.2 Å². The molecule has 2 atom stereocenters. The van der Waals surface area contributed by atoms with Gasteiger partial charge in [0.1, 0.15) is 5.69 Å². The molecule has 1 aromatic heterocycles. The van der Waals surface area contributed by atoms with Crippen LogP contribution in [-0.2, 0) is 0 Å². The summed E-state index contributed by atoms with van der Waals surface area (Å²) in [6, 6.07) is 3.63. The molecule has 1 aliphatic rings. The molecule has 0 bridgehead atoms. The van der Waals surface area contributed by atoms with Crippen molar-refractivity contribution in [2.75, 3.05) is 6.61 Å². The number of nitrogens with one attached hydrogen (secondary N) is 1. The summed E-state index contributed by atoms with van der Waals surface area (Å²) in [6.07, 6.45) is 5.74. The Kier molecular flexibility index (Phi) is 4.72. The van der Waals surface area contributed by atoms with Crippen molar-refractivity contribution in [2.24, 2.45) is 5.92 Å². The number of aliphatic hydroxyl groups is 1. The number of hydrogen-bond acceptors (Lipinski definition) is 3. The van der Waals surface area contributed by atoms with E-state index in [1.807, 2.05) is 0 Å². The lowest BCUT2D eigenvalue weighted by molar-refractivity contribution is 0.0867. The Balaban J connectivity index is 2.04. The average Bonchev–Trinajstić information content (AvgIpc) is 2.39. The minimum atomic E-state index is -0.173. The summed E-state index contributed by atoms with van der Waals surface area (Å²) in [4.78, 5) is 16.2. The zero-order valence-electron chi connectivity index (χ0n) is 10.1. The first-order valence-corrected chi connectivity index (χ1v) is 7.04. The molecule has 1 saturated carbocycles. The van der Waals surface area contributed by atoms with E-state index in [2.05, 4.69) is 26.2 Å². The van der Waals surface area contributed by atoms with Gasteiger partial charge in [0.25, 0.3) is 5.91 Å². The molecule has 18 heavy (non-hydrogen) atoms. The summed E-state index contributed by atoms with van der Waals surface area (Å²) in [5, 5.41) is 12.3. The van der Waals surface area contributed by atoms with Crippen LogP contribution >= 0.6 is 15.9 Å². The van der Waals surface area contributed by atoms with Gasteiger partial charge in [-0.1, -0.05) is 12.8 Å². The fourth-order valence-electron chi connectivity index (χ4n) is 2.41. The van der Waals surface area contributed by atoms with Gasteiger partial charge in [-0.3, -0.25) is 4.79 Å². The highest BCUT2D eigenvalue weighted by Gasteiger charge is 2.26. The molecule has 1 aliphatic carbocycles. The predicted octanol–water partition coefficient (Wildman–Crippen LogP) is 2.12. The summed E-state index contributed by atoms with van der Waals surface area (Å²) in [5.41, 5.74) is 0.403. The van der Waals surface area contributed by atoms with Crippen molar-refractivity contribution in [3.8, 4) is 0 Å². The smallest absolute Gasteiger partial charge is 0.271 e. The predicted molar refractivity (Wildman–Crippen MR) is 72.2 cm³/mol. The second-order valence-corrected chi connectivity index (χ2v) is 5.50. The van der Waals surface area contributed by atoms with Crippen molar-refractivity contribution >= 4 is 21.8 Å². The Morgan fingerprint density at radius 2 is 2.28 bits per heavy atom. The normalized spacial score (nSPS) is 23.7. The molecule has 2 rings (SSSR count). The first-order chi connectivity index (χ1) is 8.72. The van der Waals surface area contributed by atoms with E-state index in [4.69, 9.17) is 0 Å². The van der Waals surface area contributed by atoms with Gasteiger partial charge in [-0.25, -0.2) is 4.98 Å².